The summed E-state index contributed by atoms with van der Waals surface area (Å²) in [6.45, 7) is 6.44. The van der Waals surface area contributed by atoms with Crippen molar-refractivity contribution >= 4 is 0 Å². The molecule has 2 aliphatic heterocycles. The van der Waals surface area contributed by atoms with Gasteiger partial charge in [0.2, 0.25) is 0 Å². The van der Waals surface area contributed by atoms with Gasteiger partial charge in [0.15, 0.2) is 0 Å². The Morgan fingerprint density at radius 1 is 1.19 bits per heavy atom. The second-order valence-electron chi connectivity index (χ2n) is 8.07. The van der Waals surface area contributed by atoms with Gasteiger partial charge in [-0.25, -0.2) is 0 Å². The normalized spacial score (nSPS) is 44.1. The van der Waals surface area contributed by atoms with Crippen molar-refractivity contribution in [3.8, 4) is 0 Å². The van der Waals surface area contributed by atoms with Crippen molar-refractivity contribution < 1.29 is 9.84 Å². The Morgan fingerprint density at radius 3 is 2.81 bits per heavy atom. The van der Waals surface area contributed by atoms with Crippen LogP contribution in [0.1, 0.15) is 38.5 Å². The van der Waals surface area contributed by atoms with Crippen molar-refractivity contribution in [2.24, 2.45) is 17.3 Å². The highest BCUT2D eigenvalue weighted by atomic mass is 16.5. The fourth-order valence-corrected chi connectivity index (χ4v) is 4.81. The molecular weight excluding hydrogens is 264 g/mol. The summed E-state index contributed by atoms with van der Waals surface area (Å²) in [6.07, 6.45) is 7.43. The molecule has 4 atom stereocenters. The molecule has 4 aliphatic rings. The van der Waals surface area contributed by atoms with Gasteiger partial charge in [0, 0.05) is 50.2 Å². The molecule has 4 heteroatoms. The van der Waals surface area contributed by atoms with Crippen LogP contribution < -0.4 is 5.32 Å². The van der Waals surface area contributed by atoms with Gasteiger partial charge < -0.3 is 20.1 Å². The molecule has 2 saturated heterocycles. The Bertz CT molecular complexity index is 366. The first-order valence-corrected chi connectivity index (χ1v) is 8.96. The van der Waals surface area contributed by atoms with Crippen LogP contribution in [0.15, 0.2) is 0 Å². The number of nitrogens with zero attached hydrogens (tertiary/aromatic N) is 1. The molecule has 0 bridgehead atoms. The van der Waals surface area contributed by atoms with Crippen molar-refractivity contribution in [1.82, 2.24) is 10.2 Å². The first kappa shape index (κ1) is 14.4. The van der Waals surface area contributed by atoms with E-state index in [9.17, 15) is 5.11 Å². The number of nitrogens with one attached hydrogen (secondary N) is 1. The molecule has 2 N–H and O–H groups in total. The summed E-state index contributed by atoms with van der Waals surface area (Å²) < 4.78 is 5.85. The van der Waals surface area contributed by atoms with Gasteiger partial charge in [-0.15, -0.1) is 0 Å². The van der Waals surface area contributed by atoms with E-state index in [0.29, 0.717) is 11.3 Å². The molecule has 0 aromatic carbocycles. The highest BCUT2D eigenvalue weighted by Gasteiger charge is 2.44. The van der Waals surface area contributed by atoms with Crippen LogP contribution in [0.5, 0.6) is 0 Å². The number of fused-ring (bicyclic) bond motifs is 1. The van der Waals surface area contributed by atoms with Crippen LogP contribution in [0, 0.1) is 17.3 Å². The van der Waals surface area contributed by atoms with Crippen LogP contribution in [0.2, 0.25) is 0 Å². The van der Waals surface area contributed by atoms with Gasteiger partial charge >= 0.3 is 0 Å². The minimum absolute atomic E-state index is 0.0388. The van der Waals surface area contributed by atoms with E-state index in [1.807, 2.05) is 0 Å². The van der Waals surface area contributed by atoms with Gasteiger partial charge in [0.05, 0.1) is 12.7 Å². The average Bonchev–Trinajstić information content (AvgIpc) is 3.15. The molecule has 2 heterocycles. The molecule has 2 aliphatic carbocycles. The maximum absolute atomic E-state index is 10.1. The zero-order valence-corrected chi connectivity index (χ0v) is 13.1. The molecule has 4 nitrogen and oxygen atoms in total. The van der Waals surface area contributed by atoms with Crippen LogP contribution in [-0.4, -0.2) is 61.5 Å². The van der Waals surface area contributed by atoms with E-state index in [-0.39, 0.29) is 6.10 Å². The molecule has 0 spiro atoms. The monoisotopic (exact) mass is 294 g/mol. The predicted molar refractivity (Wildman–Crippen MR) is 82.2 cm³/mol. The van der Waals surface area contributed by atoms with E-state index in [0.717, 1.165) is 51.2 Å². The van der Waals surface area contributed by atoms with Crippen LogP contribution >= 0.6 is 0 Å². The Hall–Kier alpha value is -0.160. The van der Waals surface area contributed by atoms with Gasteiger partial charge in [0.25, 0.3) is 0 Å². The zero-order valence-electron chi connectivity index (χ0n) is 13.1. The number of rotatable bonds is 5. The molecule has 4 unspecified atom stereocenters. The number of aliphatic hydroxyl groups excluding tert-OH is 1. The third-order valence-electron chi connectivity index (χ3n) is 6.20. The molecule has 2 saturated carbocycles. The second-order valence-corrected chi connectivity index (χ2v) is 8.07. The van der Waals surface area contributed by atoms with Gasteiger partial charge in [0.1, 0.15) is 0 Å². The summed E-state index contributed by atoms with van der Waals surface area (Å²) in [7, 11) is 0. The third kappa shape index (κ3) is 3.14. The lowest BCUT2D eigenvalue weighted by molar-refractivity contribution is -0.0250. The fraction of sp³-hybridized carbons (Fsp3) is 1.00. The molecule has 0 aromatic rings. The lowest BCUT2D eigenvalue weighted by Crippen LogP contribution is -2.49. The first-order chi connectivity index (χ1) is 10.2. The minimum atomic E-state index is -0.0388. The van der Waals surface area contributed by atoms with E-state index < -0.39 is 0 Å². The number of ether oxygens (including phenoxy) is 1. The molecule has 0 aromatic heterocycles. The smallest absolute Gasteiger partial charge is 0.0583 e. The molecule has 4 rings (SSSR count). The summed E-state index contributed by atoms with van der Waals surface area (Å²) >= 11 is 0. The number of aliphatic hydroxyl groups is 1. The molecule has 120 valence electrons. The average molecular weight is 294 g/mol. The second kappa shape index (κ2) is 5.80. The van der Waals surface area contributed by atoms with Gasteiger partial charge in [-0.05, 0) is 44.4 Å². The molecule has 0 radical (unpaired) electrons. The van der Waals surface area contributed by atoms with Crippen molar-refractivity contribution in [2.75, 3.05) is 39.4 Å². The van der Waals surface area contributed by atoms with Crippen molar-refractivity contribution in [2.45, 2.75) is 50.7 Å². The molecule has 4 fully saturated rings. The standard InChI is InChI=1S/C17H30N2O2/c20-16-5-2-13-8-19(9-15(13)16)11-17(6-1-7-21-12-17)10-18-14-3-4-14/h13-16,18,20H,1-12H2. The van der Waals surface area contributed by atoms with Crippen LogP contribution in [0.3, 0.4) is 0 Å². The topological polar surface area (TPSA) is 44.7 Å². The van der Waals surface area contributed by atoms with Crippen LogP contribution in [-0.2, 0) is 4.74 Å². The Balaban J connectivity index is 1.37. The first-order valence-electron chi connectivity index (χ1n) is 8.96. The zero-order chi connectivity index (χ0) is 14.3. The maximum atomic E-state index is 10.1. The van der Waals surface area contributed by atoms with Crippen molar-refractivity contribution in [1.29, 1.82) is 0 Å². The van der Waals surface area contributed by atoms with Crippen molar-refractivity contribution in [3.63, 3.8) is 0 Å². The lowest BCUT2D eigenvalue weighted by Gasteiger charge is -2.40. The van der Waals surface area contributed by atoms with E-state index in [4.69, 9.17) is 4.74 Å². The third-order valence-corrected chi connectivity index (χ3v) is 6.20. The summed E-state index contributed by atoms with van der Waals surface area (Å²) in [5, 5.41) is 13.9. The highest BCUT2D eigenvalue weighted by molar-refractivity contribution is 4.97. The summed E-state index contributed by atoms with van der Waals surface area (Å²) in [4.78, 5) is 2.63. The largest absolute Gasteiger partial charge is 0.393 e. The molecule has 21 heavy (non-hydrogen) atoms. The van der Waals surface area contributed by atoms with E-state index in [2.05, 4.69) is 10.2 Å². The quantitative estimate of drug-likeness (QED) is 0.801. The van der Waals surface area contributed by atoms with Gasteiger partial charge in [-0.3, -0.25) is 0 Å². The summed E-state index contributed by atoms with van der Waals surface area (Å²) in [5.74, 6) is 1.29. The highest BCUT2D eigenvalue weighted by Crippen LogP contribution is 2.40. The Morgan fingerprint density at radius 2 is 2.10 bits per heavy atom. The summed E-state index contributed by atoms with van der Waals surface area (Å²) in [6, 6.07) is 0.781. The van der Waals surface area contributed by atoms with Crippen LogP contribution in [0.4, 0.5) is 0 Å². The molecule has 0 amide bonds. The Labute approximate surface area is 128 Å². The van der Waals surface area contributed by atoms with Gasteiger partial charge in [-0.1, -0.05) is 0 Å². The number of hydrogen-bond acceptors (Lipinski definition) is 4. The van der Waals surface area contributed by atoms with E-state index >= 15 is 0 Å². The maximum Gasteiger partial charge on any atom is 0.0583 e. The fourth-order valence-electron chi connectivity index (χ4n) is 4.81. The van der Waals surface area contributed by atoms with E-state index in [1.54, 1.807) is 0 Å². The lowest BCUT2D eigenvalue weighted by atomic mass is 9.81. The molecular formula is C17H30N2O2. The summed E-state index contributed by atoms with van der Waals surface area (Å²) in [5.41, 5.74) is 0.310. The van der Waals surface area contributed by atoms with Crippen LogP contribution in [0.25, 0.3) is 0 Å². The van der Waals surface area contributed by atoms with Crippen molar-refractivity contribution in [3.05, 3.63) is 0 Å². The SMILES string of the molecule is OC1CCC2CN(CC3(CNC4CC4)CCCOC3)CC12. The predicted octanol–water partition coefficient (Wildman–Crippen LogP) is 1.24. The van der Waals surface area contributed by atoms with Gasteiger partial charge in [-0.2, -0.15) is 0 Å². The Kier molecular flexibility index (Phi) is 3.99. The van der Waals surface area contributed by atoms with E-state index in [1.165, 1.54) is 38.6 Å². The number of hydrogen-bond donors (Lipinski definition) is 2. The minimum Gasteiger partial charge on any atom is -0.393 e. The number of likely N-dealkylation sites (tertiary alicyclic amines) is 1.